The fourth-order valence-electron chi connectivity index (χ4n) is 3.13. The summed E-state index contributed by atoms with van der Waals surface area (Å²) in [6.45, 7) is 1.85. The summed E-state index contributed by atoms with van der Waals surface area (Å²) in [4.78, 5) is 23.5. The highest BCUT2D eigenvalue weighted by atomic mass is 16.6. The second-order valence-electron chi connectivity index (χ2n) is 6.72. The number of hydrazone groups is 1. The number of hydrogen-bond acceptors (Lipinski definition) is 7. The Hall–Kier alpha value is -4.24. The Morgan fingerprint density at radius 1 is 1.12 bits per heavy atom. The van der Waals surface area contributed by atoms with Crippen molar-refractivity contribution in [1.82, 2.24) is 5.43 Å². The standard InChI is InChI=1S/C23H21N3O6/c1-2-32-20-14-16(13-19(21(20)27)26(30)31)15-24-25-22(28)23(29,17-9-5-3-6-10-17)18-11-7-4-8-12-18/h3-15,27,29H,2H2,1H3,(H,25,28)/b24-15-. The molecule has 3 aromatic rings. The number of benzene rings is 3. The van der Waals surface area contributed by atoms with Crippen LogP contribution in [0.2, 0.25) is 0 Å². The van der Waals surface area contributed by atoms with Crippen molar-refractivity contribution in [2.75, 3.05) is 6.61 Å². The van der Waals surface area contributed by atoms with Crippen molar-refractivity contribution in [2.45, 2.75) is 12.5 Å². The van der Waals surface area contributed by atoms with E-state index >= 15 is 0 Å². The lowest BCUT2D eigenvalue weighted by molar-refractivity contribution is -0.386. The number of aromatic hydroxyl groups is 1. The fraction of sp³-hybridized carbons (Fsp3) is 0.130. The number of nitrogens with one attached hydrogen (secondary N) is 1. The molecule has 3 rings (SSSR count). The molecule has 0 saturated heterocycles. The zero-order valence-corrected chi connectivity index (χ0v) is 17.1. The van der Waals surface area contributed by atoms with Gasteiger partial charge in [-0.3, -0.25) is 14.9 Å². The number of nitro groups is 1. The second-order valence-corrected chi connectivity index (χ2v) is 6.72. The molecule has 0 spiro atoms. The molecule has 164 valence electrons. The van der Waals surface area contributed by atoms with Gasteiger partial charge in [0.25, 0.3) is 5.91 Å². The number of rotatable bonds is 8. The maximum atomic E-state index is 13.0. The molecule has 0 aliphatic heterocycles. The van der Waals surface area contributed by atoms with Gasteiger partial charge in [-0.1, -0.05) is 60.7 Å². The lowest BCUT2D eigenvalue weighted by atomic mass is 9.85. The van der Waals surface area contributed by atoms with E-state index in [1.165, 1.54) is 6.07 Å². The van der Waals surface area contributed by atoms with Crippen LogP contribution in [0.25, 0.3) is 0 Å². The minimum atomic E-state index is -2.02. The van der Waals surface area contributed by atoms with Gasteiger partial charge in [-0.15, -0.1) is 0 Å². The van der Waals surface area contributed by atoms with Gasteiger partial charge in [0, 0.05) is 11.6 Å². The third-order valence-electron chi connectivity index (χ3n) is 4.67. The summed E-state index contributed by atoms with van der Waals surface area (Å²) in [5, 5.41) is 36.4. The molecule has 0 aliphatic rings. The van der Waals surface area contributed by atoms with Crippen LogP contribution in [0.3, 0.4) is 0 Å². The zero-order chi connectivity index (χ0) is 23.1. The number of nitrogens with zero attached hydrogens (tertiary/aromatic N) is 2. The van der Waals surface area contributed by atoms with E-state index < -0.39 is 27.9 Å². The summed E-state index contributed by atoms with van der Waals surface area (Å²) in [6.07, 6.45) is 1.16. The molecule has 9 nitrogen and oxygen atoms in total. The van der Waals surface area contributed by atoms with E-state index in [-0.39, 0.29) is 17.9 Å². The normalized spacial score (nSPS) is 11.3. The highest BCUT2D eigenvalue weighted by molar-refractivity contribution is 5.91. The molecule has 0 saturated carbocycles. The van der Waals surface area contributed by atoms with Gasteiger partial charge in [0.05, 0.1) is 17.7 Å². The van der Waals surface area contributed by atoms with Crippen molar-refractivity contribution in [3.63, 3.8) is 0 Å². The molecule has 0 fully saturated rings. The summed E-state index contributed by atoms with van der Waals surface area (Å²) in [6, 6.07) is 19.2. The molecule has 0 atom stereocenters. The van der Waals surface area contributed by atoms with Crippen molar-refractivity contribution in [3.05, 3.63) is 99.6 Å². The van der Waals surface area contributed by atoms with Crippen LogP contribution in [-0.2, 0) is 10.4 Å². The average molecular weight is 435 g/mol. The third-order valence-corrected chi connectivity index (χ3v) is 4.67. The number of carbonyl (C=O) groups excluding carboxylic acids is 1. The summed E-state index contributed by atoms with van der Waals surface area (Å²) in [5.41, 5.74) is 0.613. The van der Waals surface area contributed by atoms with Crippen molar-refractivity contribution < 1.29 is 24.7 Å². The first-order chi connectivity index (χ1) is 15.4. The van der Waals surface area contributed by atoms with Crippen LogP contribution < -0.4 is 10.2 Å². The Kier molecular flexibility index (Phi) is 6.81. The number of hydrogen-bond donors (Lipinski definition) is 3. The lowest BCUT2D eigenvalue weighted by Gasteiger charge is -2.27. The third kappa shape index (κ3) is 4.57. The highest BCUT2D eigenvalue weighted by Crippen LogP contribution is 2.36. The molecule has 0 aliphatic carbocycles. The van der Waals surface area contributed by atoms with Gasteiger partial charge >= 0.3 is 5.69 Å². The first-order valence-corrected chi connectivity index (χ1v) is 9.69. The van der Waals surface area contributed by atoms with Crippen LogP contribution in [0.4, 0.5) is 5.69 Å². The van der Waals surface area contributed by atoms with Crippen LogP contribution >= 0.6 is 0 Å². The van der Waals surface area contributed by atoms with E-state index in [4.69, 9.17) is 4.74 Å². The molecule has 3 aromatic carbocycles. The number of phenols is 1. The smallest absolute Gasteiger partial charge is 0.315 e. The first kappa shape index (κ1) is 22.4. The molecule has 32 heavy (non-hydrogen) atoms. The predicted molar refractivity (Wildman–Crippen MR) is 118 cm³/mol. The number of ether oxygens (including phenoxy) is 1. The van der Waals surface area contributed by atoms with Crippen molar-refractivity contribution in [3.8, 4) is 11.5 Å². The minimum Gasteiger partial charge on any atom is -0.500 e. The summed E-state index contributed by atoms with van der Waals surface area (Å²) in [7, 11) is 0. The van der Waals surface area contributed by atoms with Gasteiger partial charge < -0.3 is 14.9 Å². The molecule has 0 aromatic heterocycles. The average Bonchev–Trinajstić information content (AvgIpc) is 2.81. The Morgan fingerprint density at radius 3 is 2.19 bits per heavy atom. The number of carbonyl (C=O) groups is 1. The minimum absolute atomic E-state index is 0.0837. The second kappa shape index (κ2) is 9.71. The first-order valence-electron chi connectivity index (χ1n) is 9.69. The van der Waals surface area contributed by atoms with Crippen LogP contribution in [0, 0.1) is 10.1 Å². The summed E-state index contributed by atoms with van der Waals surface area (Å²) >= 11 is 0. The molecule has 3 N–H and O–H groups in total. The van der Waals surface area contributed by atoms with Crippen LogP contribution in [0.15, 0.2) is 77.9 Å². The van der Waals surface area contributed by atoms with Crippen molar-refractivity contribution >= 4 is 17.8 Å². The summed E-state index contributed by atoms with van der Waals surface area (Å²) in [5.74, 6) is -1.50. The monoisotopic (exact) mass is 435 g/mol. The Morgan fingerprint density at radius 2 is 1.69 bits per heavy atom. The SMILES string of the molecule is CCOc1cc(/C=N\NC(=O)C(O)(c2ccccc2)c2ccccc2)cc([N+](=O)[O-])c1O. The van der Waals surface area contributed by atoms with Crippen LogP contribution in [0.1, 0.15) is 23.6 Å². The van der Waals surface area contributed by atoms with E-state index in [2.05, 4.69) is 10.5 Å². The van der Waals surface area contributed by atoms with Gasteiger partial charge in [0.1, 0.15) is 0 Å². The summed E-state index contributed by atoms with van der Waals surface area (Å²) < 4.78 is 5.22. The van der Waals surface area contributed by atoms with E-state index in [9.17, 15) is 25.1 Å². The molecule has 1 amide bonds. The zero-order valence-electron chi connectivity index (χ0n) is 17.1. The molecular formula is C23H21N3O6. The molecule has 0 heterocycles. The maximum absolute atomic E-state index is 13.0. The Labute approximate surface area is 183 Å². The van der Waals surface area contributed by atoms with Gasteiger partial charge in [0.15, 0.2) is 11.4 Å². The molecule has 0 radical (unpaired) electrons. The van der Waals surface area contributed by atoms with Crippen LogP contribution in [0.5, 0.6) is 11.5 Å². The van der Waals surface area contributed by atoms with Gasteiger partial charge in [-0.25, -0.2) is 5.43 Å². The van der Waals surface area contributed by atoms with E-state index in [0.29, 0.717) is 11.1 Å². The predicted octanol–water partition coefficient (Wildman–Crippen LogP) is 3.09. The number of nitro benzene ring substituents is 1. The molecule has 9 heteroatoms. The van der Waals surface area contributed by atoms with E-state index in [1.54, 1.807) is 67.6 Å². The molecular weight excluding hydrogens is 414 g/mol. The lowest BCUT2D eigenvalue weighted by Crippen LogP contribution is -2.43. The molecule has 0 bridgehead atoms. The quantitative estimate of drug-likeness (QED) is 0.283. The van der Waals surface area contributed by atoms with Gasteiger partial charge in [0.2, 0.25) is 5.75 Å². The highest BCUT2D eigenvalue weighted by Gasteiger charge is 2.39. The van der Waals surface area contributed by atoms with Crippen molar-refractivity contribution in [2.24, 2.45) is 5.10 Å². The van der Waals surface area contributed by atoms with E-state index in [1.807, 2.05) is 0 Å². The topological polar surface area (TPSA) is 134 Å². The Balaban J connectivity index is 1.91. The molecule has 0 unspecified atom stereocenters. The number of phenolic OH excluding ortho intramolecular Hbond substituents is 1. The van der Waals surface area contributed by atoms with Crippen molar-refractivity contribution in [1.29, 1.82) is 0 Å². The van der Waals surface area contributed by atoms with Gasteiger partial charge in [-0.05, 0) is 24.1 Å². The number of amides is 1. The van der Waals surface area contributed by atoms with Gasteiger partial charge in [-0.2, -0.15) is 5.10 Å². The van der Waals surface area contributed by atoms with Crippen LogP contribution in [-0.4, -0.2) is 33.9 Å². The van der Waals surface area contributed by atoms with E-state index in [0.717, 1.165) is 12.3 Å². The maximum Gasteiger partial charge on any atom is 0.315 e. The largest absolute Gasteiger partial charge is 0.500 e. The Bertz CT molecular complexity index is 1090. The number of aliphatic hydroxyl groups is 1. The fourth-order valence-corrected chi connectivity index (χ4v) is 3.13.